The predicted molar refractivity (Wildman–Crippen MR) is 63.0 cm³/mol. The molecule has 0 bridgehead atoms. The number of nitrogens with two attached hydrogens (primary N) is 1. The van der Waals surface area contributed by atoms with Gasteiger partial charge in [0.05, 0.1) is 0 Å². The smallest absolute Gasteiger partial charge is 0.178 e. The van der Waals surface area contributed by atoms with Crippen LogP contribution in [-0.4, -0.2) is 10.2 Å². The van der Waals surface area contributed by atoms with Gasteiger partial charge in [0, 0.05) is 10.9 Å². The topological polar surface area (TPSA) is 51.8 Å². The van der Waals surface area contributed by atoms with Crippen molar-refractivity contribution >= 4 is 23.1 Å². The molecule has 0 aliphatic heterocycles. The molecule has 0 saturated heterocycles. The van der Waals surface area contributed by atoms with E-state index in [2.05, 4.69) is 10.2 Å². The molecule has 84 valence electrons. The number of rotatable bonds is 3. The normalized spacial score (nSPS) is 12.7. The molecule has 16 heavy (non-hydrogen) atoms. The van der Waals surface area contributed by atoms with E-state index < -0.39 is 0 Å². The Morgan fingerprint density at radius 3 is 2.94 bits per heavy atom. The van der Waals surface area contributed by atoms with Crippen LogP contribution in [0, 0.1) is 5.82 Å². The maximum atomic E-state index is 13.1. The van der Waals surface area contributed by atoms with Crippen molar-refractivity contribution in [2.45, 2.75) is 22.2 Å². The van der Waals surface area contributed by atoms with Crippen LogP contribution in [0.2, 0.25) is 0 Å². The van der Waals surface area contributed by atoms with Gasteiger partial charge in [-0.2, -0.15) is 0 Å². The lowest BCUT2D eigenvalue weighted by Gasteiger charge is -2.10. The number of nitrogens with zero attached hydrogens (tertiary/aromatic N) is 2. The fraction of sp³-hybridized carbons (Fsp3) is 0.200. The summed E-state index contributed by atoms with van der Waals surface area (Å²) in [5, 5.41) is 7.68. The Morgan fingerprint density at radius 1 is 1.50 bits per heavy atom. The van der Waals surface area contributed by atoms with E-state index in [0.717, 1.165) is 14.8 Å². The summed E-state index contributed by atoms with van der Waals surface area (Å²) in [5.74, 6) is -0.270. The minimum Gasteiger partial charge on any atom is -0.324 e. The van der Waals surface area contributed by atoms with Crippen LogP contribution in [0.15, 0.2) is 32.9 Å². The molecule has 0 aliphatic rings. The van der Waals surface area contributed by atoms with Gasteiger partial charge in [-0.3, -0.25) is 0 Å². The van der Waals surface area contributed by atoms with Crippen LogP contribution in [0.3, 0.4) is 0 Å². The molecule has 1 aromatic carbocycles. The first-order valence-corrected chi connectivity index (χ1v) is 6.35. The third kappa shape index (κ3) is 2.58. The van der Waals surface area contributed by atoms with Crippen LogP contribution in [-0.2, 0) is 0 Å². The molecule has 1 atom stereocenters. The zero-order valence-electron chi connectivity index (χ0n) is 8.55. The average molecular weight is 255 g/mol. The zero-order chi connectivity index (χ0) is 11.5. The fourth-order valence-electron chi connectivity index (χ4n) is 1.27. The van der Waals surface area contributed by atoms with E-state index in [9.17, 15) is 4.39 Å². The molecular weight excluding hydrogens is 245 g/mol. The molecular formula is C10H10FN3S2. The Morgan fingerprint density at radius 2 is 2.31 bits per heavy atom. The highest BCUT2D eigenvalue weighted by Crippen LogP contribution is 2.33. The number of hydrogen-bond donors (Lipinski definition) is 1. The van der Waals surface area contributed by atoms with E-state index >= 15 is 0 Å². The standard InChI is InChI=1S/C10H10FN3S2/c1-6(12)8-4-7(11)2-3-9(8)16-10-14-13-5-15-10/h2-6H,12H2,1H3/t6-/m0/s1. The summed E-state index contributed by atoms with van der Waals surface area (Å²) in [5.41, 5.74) is 8.26. The number of halogens is 1. The van der Waals surface area contributed by atoms with Gasteiger partial charge in [-0.15, -0.1) is 10.2 Å². The molecule has 1 heterocycles. The van der Waals surface area contributed by atoms with Gasteiger partial charge in [0.15, 0.2) is 4.34 Å². The van der Waals surface area contributed by atoms with Crippen molar-refractivity contribution in [2.24, 2.45) is 5.73 Å². The van der Waals surface area contributed by atoms with Gasteiger partial charge in [-0.1, -0.05) is 23.1 Å². The molecule has 0 amide bonds. The third-order valence-corrected chi connectivity index (χ3v) is 3.87. The molecule has 0 spiro atoms. The van der Waals surface area contributed by atoms with E-state index in [0.29, 0.717) is 0 Å². The lowest BCUT2D eigenvalue weighted by Crippen LogP contribution is -2.06. The maximum Gasteiger partial charge on any atom is 0.178 e. The first-order valence-electron chi connectivity index (χ1n) is 4.66. The molecule has 2 aromatic rings. The summed E-state index contributed by atoms with van der Waals surface area (Å²) in [6, 6.07) is 4.41. The predicted octanol–water partition coefficient (Wildman–Crippen LogP) is 2.85. The Hall–Kier alpha value is -0.980. The summed E-state index contributed by atoms with van der Waals surface area (Å²) in [6.45, 7) is 1.83. The zero-order valence-corrected chi connectivity index (χ0v) is 10.2. The molecule has 0 aliphatic carbocycles. The average Bonchev–Trinajstić information content (AvgIpc) is 2.73. The molecule has 1 aromatic heterocycles. The van der Waals surface area contributed by atoms with Crippen molar-refractivity contribution in [3.8, 4) is 0 Å². The van der Waals surface area contributed by atoms with E-state index in [1.54, 1.807) is 11.6 Å². The Kier molecular flexibility index (Phi) is 3.52. The number of benzene rings is 1. The third-order valence-electron chi connectivity index (χ3n) is 2.00. The molecule has 6 heteroatoms. The first-order chi connectivity index (χ1) is 7.66. The second kappa shape index (κ2) is 4.90. The first kappa shape index (κ1) is 11.5. The molecule has 0 fully saturated rings. The van der Waals surface area contributed by atoms with Crippen molar-refractivity contribution in [3.05, 3.63) is 35.1 Å². The highest BCUT2D eigenvalue weighted by molar-refractivity contribution is 8.01. The molecule has 0 unspecified atom stereocenters. The van der Waals surface area contributed by atoms with Crippen LogP contribution in [0.25, 0.3) is 0 Å². The number of aromatic nitrogens is 2. The van der Waals surface area contributed by atoms with Gasteiger partial charge in [0.2, 0.25) is 0 Å². The second-order valence-electron chi connectivity index (χ2n) is 3.28. The van der Waals surface area contributed by atoms with Crippen molar-refractivity contribution in [1.82, 2.24) is 10.2 Å². The Balaban J connectivity index is 2.33. The summed E-state index contributed by atoms with van der Waals surface area (Å²) < 4.78 is 13.9. The maximum absolute atomic E-state index is 13.1. The van der Waals surface area contributed by atoms with Crippen molar-refractivity contribution in [1.29, 1.82) is 0 Å². The van der Waals surface area contributed by atoms with E-state index in [1.807, 2.05) is 6.92 Å². The molecule has 0 saturated carbocycles. The van der Waals surface area contributed by atoms with Crippen LogP contribution < -0.4 is 5.73 Å². The minimum atomic E-state index is -0.270. The molecule has 2 rings (SSSR count). The lowest BCUT2D eigenvalue weighted by molar-refractivity contribution is 0.619. The van der Waals surface area contributed by atoms with Gasteiger partial charge in [0.25, 0.3) is 0 Å². The molecule has 3 nitrogen and oxygen atoms in total. The van der Waals surface area contributed by atoms with Gasteiger partial charge < -0.3 is 5.73 Å². The lowest BCUT2D eigenvalue weighted by atomic mass is 10.1. The Labute approximate surface area is 101 Å². The van der Waals surface area contributed by atoms with Crippen molar-refractivity contribution < 1.29 is 4.39 Å². The quantitative estimate of drug-likeness (QED) is 0.916. The van der Waals surface area contributed by atoms with Gasteiger partial charge >= 0.3 is 0 Å². The minimum absolute atomic E-state index is 0.203. The van der Waals surface area contributed by atoms with Crippen LogP contribution in [0.1, 0.15) is 18.5 Å². The fourth-order valence-corrected chi connectivity index (χ4v) is 2.91. The van der Waals surface area contributed by atoms with E-state index in [4.69, 9.17) is 5.73 Å². The Bertz CT molecular complexity index is 471. The number of hydrogen-bond acceptors (Lipinski definition) is 5. The second-order valence-corrected chi connectivity index (χ2v) is 5.40. The van der Waals surface area contributed by atoms with Crippen molar-refractivity contribution in [3.63, 3.8) is 0 Å². The molecule has 0 radical (unpaired) electrons. The summed E-state index contributed by atoms with van der Waals surface area (Å²) in [6.07, 6.45) is 0. The highest BCUT2D eigenvalue weighted by Gasteiger charge is 2.11. The monoisotopic (exact) mass is 255 g/mol. The highest BCUT2D eigenvalue weighted by atomic mass is 32.2. The van der Waals surface area contributed by atoms with Gasteiger partial charge in [0.1, 0.15) is 11.3 Å². The van der Waals surface area contributed by atoms with E-state index in [1.165, 1.54) is 35.2 Å². The van der Waals surface area contributed by atoms with Crippen LogP contribution >= 0.6 is 23.1 Å². The summed E-state index contributed by atoms with van der Waals surface area (Å²) in [4.78, 5) is 0.924. The van der Waals surface area contributed by atoms with Crippen molar-refractivity contribution in [2.75, 3.05) is 0 Å². The largest absolute Gasteiger partial charge is 0.324 e. The van der Waals surface area contributed by atoms with Gasteiger partial charge in [-0.05, 0) is 30.7 Å². The van der Waals surface area contributed by atoms with Gasteiger partial charge in [-0.25, -0.2) is 4.39 Å². The summed E-state index contributed by atoms with van der Waals surface area (Å²) >= 11 is 2.90. The van der Waals surface area contributed by atoms with Crippen LogP contribution in [0.5, 0.6) is 0 Å². The summed E-state index contributed by atoms with van der Waals surface area (Å²) in [7, 11) is 0. The molecule has 2 N–H and O–H groups in total. The van der Waals surface area contributed by atoms with Crippen LogP contribution in [0.4, 0.5) is 4.39 Å². The van der Waals surface area contributed by atoms with E-state index in [-0.39, 0.29) is 11.9 Å². The SMILES string of the molecule is C[C@H](N)c1cc(F)ccc1Sc1nncs1.